The molecule has 4 N–H and O–H groups in total. The molecule has 21 heavy (non-hydrogen) atoms. The van der Waals surface area contributed by atoms with Crippen molar-refractivity contribution in [1.29, 1.82) is 0 Å². The summed E-state index contributed by atoms with van der Waals surface area (Å²) in [4.78, 5) is 12.0. The summed E-state index contributed by atoms with van der Waals surface area (Å²) in [5.74, 6) is 3.20. The number of nitrogens with two attached hydrogens (primary N) is 2. The van der Waals surface area contributed by atoms with E-state index >= 15 is 0 Å². The molecule has 0 bridgehead atoms. The zero-order valence-electron chi connectivity index (χ0n) is 11.4. The van der Waals surface area contributed by atoms with Crippen molar-refractivity contribution in [3.05, 3.63) is 11.6 Å². The van der Waals surface area contributed by atoms with E-state index in [4.69, 9.17) is 11.5 Å². The molecule has 110 valence electrons. The van der Waals surface area contributed by atoms with Gasteiger partial charge in [0.15, 0.2) is 5.16 Å². The Balaban J connectivity index is 1.54. The van der Waals surface area contributed by atoms with E-state index in [2.05, 4.69) is 29.7 Å². The van der Waals surface area contributed by atoms with Crippen molar-refractivity contribution < 1.29 is 0 Å². The molecule has 2 fully saturated rings. The zero-order chi connectivity index (χ0) is 14.4. The molecule has 0 radical (unpaired) electrons. The molecular weight excluding hydrogens is 288 g/mol. The number of hydrogen-bond acceptors (Lipinski definition) is 8. The molecule has 2 aliphatic rings. The second-order valence-corrected chi connectivity index (χ2v) is 6.42. The second kappa shape index (κ2) is 4.83. The summed E-state index contributed by atoms with van der Waals surface area (Å²) in [5, 5.41) is 9.66. The third kappa shape index (κ3) is 2.65. The molecule has 0 spiro atoms. The van der Waals surface area contributed by atoms with Crippen LogP contribution in [0, 0.1) is 0 Å². The van der Waals surface area contributed by atoms with Crippen LogP contribution in [0.4, 0.5) is 11.9 Å². The maximum atomic E-state index is 5.58. The van der Waals surface area contributed by atoms with E-state index in [0.29, 0.717) is 23.5 Å². The van der Waals surface area contributed by atoms with Gasteiger partial charge in [0.05, 0.1) is 5.75 Å². The molecule has 0 atom stereocenters. The lowest BCUT2D eigenvalue weighted by Crippen LogP contribution is -2.06. The Bertz CT molecular complexity index is 656. The fraction of sp³-hybridized carbons (Fsp3) is 0.583. The van der Waals surface area contributed by atoms with Crippen LogP contribution in [-0.4, -0.2) is 29.7 Å². The van der Waals surface area contributed by atoms with Crippen molar-refractivity contribution in [3.8, 4) is 0 Å². The lowest BCUT2D eigenvalue weighted by Gasteiger charge is -2.07. The van der Waals surface area contributed by atoms with Crippen molar-refractivity contribution in [2.45, 2.75) is 48.6 Å². The van der Waals surface area contributed by atoms with Gasteiger partial charge in [-0.05, 0) is 25.7 Å². The summed E-state index contributed by atoms with van der Waals surface area (Å²) in [5.41, 5.74) is 11.2. The topological polar surface area (TPSA) is 121 Å². The Morgan fingerprint density at radius 1 is 1.00 bits per heavy atom. The molecular formula is C12H16N8S. The lowest BCUT2D eigenvalue weighted by molar-refractivity contribution is 0.626. The van der Waals surface area contributed by atoms with Gasteiger partial charge in [-0.3, -0.25) is 0 Å². The minimum Gasteiger partial charge on any atom is -0.368 e. The van der Waals surface area contributed by atoms with Gasteiger partial charge in [-0.1, -0.05) is 11.8 Å². The van der Waals surface area contributed by atoms with E-state index < -0.39 is 0 Å². The molecule has 0 aliphatic heterocycles. The van der Waals surface area contributed by atoms with Gasteiger partial charge in [0.2, 0.25) is 11.9 Å². The van der Waals surface area contributed by atoms with Gasteiger partial charge in [-0.15, -0.1) is 10.2 Å². The first-order valence-electron chi connectivity index (χ1n) is 7.04. The SMILES string of the molecule is Nc1nc(N)nc(CSc2nnc(C3CC3)n2C2CC2)n1. The minimum absolute atomic E-state index is 0.153. The van der Waals surface area contributed by atoms with Gasteiger partial charge in [0, 0.05) is 12.0 Å². The second-order valence-electron chi connectivity index (χ2n) is 5.47. The molecule has 0 unspecified atom stereocenters. The lowest BCUT2D eigenvalue weighted by atomic mass is 10.4. The highest BCUT2D eigenvalue weighted by molar-refractivity contribution is 7.98. The first kappa shape index (κ1) is 12.8. The first-order chi connectivity index (χ1) is 10.2. The van der Waals surface area contributed by atoms with Gasteiger partial charge in [0.1, 0.15) is 11.6 Å². The fourth-order valence-electron chi connectivity index (χ4n) is 2.33. The molecule has 0 amide bonds. The molecule has 2 saturated carbocycles. The summed E-state index contributed by atoms with van der Waals surface area (Å²) >= 11 is 1.58. The summed E-state index contributed by atoms with van der Waals surface area (Å²) < 4.78 is 2.30. The third-order valence-corrected chi connectivity index (χ3v) is 4.53. The minimum atomic E-state index is 0.153. The average Bonchev–Trinajstić information content (AvgIpc) is 3.34. The Hall–Kier alpha value is -1.90. The average molecular weight is 304 g/mol. The van der Waals surface area contributed by atoms with E-state index in [1.807, 2.05) is 0 Å². The first-order valence-corrected chi connectivity index (χ1v) is 8.03. The predicted octanol–water partition coefficient (Wildman–Crippen LogP) is 1.13. The van der Waals surface area contributed by atoms with Crippen molar-refractivity contribution in [2.75, 3.05) is 11.5 Å². The highest BCUT2D eigenvalue weighted by Crippen LogP contribution is 2.46. The quantitative estimate of drug-likeness (QED) is 0.788. The van der Waals surface area contributed by atoms with E-state index in [-0.39, 0.29) is 11.9 Å². The predicted molar refractivity (Wildman–Crippen MR) is 78.5 cm³/mol. The Morgan fingerprint density at radius 2 is 1.71 bits per heavy atom. The highest BCUT2D eigenvalue weighted by atomic mass is 32.2. The van der Waals surface area contributed by atoms with Crippen molar-refractivity contribution in [1.82, 2.24) is 29.7 Å². The summed E-state index contributed by atoms with van der Waals surface area (Å²) in [6, 6.07) is 0.576. The molecule has 2 aromatic rings. The Morgan fingerprint density at radius 3 is 2.33 bits per heavy atom. The van der Waals surface area contributed by atoms with Gasteiger partial charge < -0.3 is 16.0 Å². The van der Waals surface area contributed by atoms with Crippen molar-refractivity contribution in [2.24, 2.45) is 0 Å². The summed E-state index contributed by atoms with van der Waals surface area (Å²) in [6.07, 6.45) is 4.90. The molecule has 4 rings (SSSR count). The van der Waals surface area contributed by atoms with Crippen LogP contribution in [0.15, 0.2) is 5.16 Å². The van der Waals surface area contributed by atoms with E-state index in [9.17, 15) is 0 Å². The molecule has 0 saturated heterocycles. The number of nitrogens with zero attached hydrogens (tertiary/aromatic N) is 6. The van der Waals surface area contributed by atoms with Crippen LogP contribution in [0.25, 0.3) is 0 Å². The number of hydrogen-bond donors (Lipinski definition) is 2. The highest BCUT2D eigenvalue weighted by Gasteiger charge is 2.36. The van der Waals surface area contributed by atoms with E-state index in [1.54, 1.807) is 11.8 Å². The molecule has 8 nitrogen and oxygen atoms in total. The van der Waals surface area contributed by atoms with Crippen LogP contribution < -0.4 is 11.5 Å². The van der Waals surface area contributed by atoms with Crippen LogP contribution in [-0.2, 0) is 5.75 Å². The maximum Gasteiger partial charge on any atom is 0.225 e. The largest absolute Gasteiger partial charge is 0.368 e. The zero-order valence-corrected chi connectivity index (χ0v) is 12.3. The monoisotopic (exact) mass is 304 g/mol. The summed E-state index contributed by atoms with van der Waals surface area (Å²) in [6.45, 7) is 0. The maximum absolute atomic E-state index is 5.58. The number of thioether (sulfide) groups is 1. The molecule has 9 heteroatoms. The Kier molecular flexibility index (Phi) is 2.95. The van der Waals surface area contributed by atoms with Crippen LogP contribution in [0.5, 0.6) is 0 Å². The van der Waals surface area contributed by atoms with Gasteiger partial charge in [-0.2, -0.15) is 15.0 Å². The molecule has 2 heterocycles. The van der Waals surface area contributed by atoms with Gasteiger partial charge in [0.25, 0.3) is 0 Å². The standard InChI is InChI=1S/C12H16N8S/c13-10-15-8(16-11(14)17-10)5-21-12-19-18-9(6-1-2-6)20(12)7-3-4-7/h6-7H,1-5H2,(H4,13,14,15,16,17). The number of nitrogen functional groups attached to an aromatic ring is 2. The molecule has 2 aromatic heterocycles. The van der Waals surface area contributed by atoms with Crippen molar-refractivity contribution in [3.63, 3.8) is 0 Å². The molecule has 2 aliphatic carbocycles. The van der Waals surface area contributed by atoms with Crippen LogP contribution in [0.3, 0.4) is 0 Å². The van der Waals surface area contributed by atoms with Gasteiger partial charge >= 0.3 is 0 Å². The van der Waals surface area contributed by atoms with Crippen LogP contribution >= 0.6 is 11.8 Å². The normalized spacial score (nSPS) is 18.1. The van der Waals surface area contributed by atoms with Crippen molar-refractivity contribution >= 4 is 23.7 Å². The fourth-order valence-corrected chi connectivity index (χ4v) is 3.20. The Labute approximate surface area is 125 Å². The molecule has 0 aromatic carbocycles. The van der Waals surface area contributed by atoms with Crippen LogP contribution in [0.2, 0.25) is 0 Å². The number of anilines is 2. The number of rotatable bonds is 5. The smallest absolute Gasteiger partial charge is 0.225 e. The summed E-state index contributed by atoms with van der Waals surface area (Å²) in [7, 11) is 0. The van der Waals surface area contributed by atoms with Gasteiger partial charge in [-0.25, -0.2) is 0 Å². The number of aromatic nitrogens is 6. The van der Waals surface area contributed by atoms with E-state index in [0.717, 1.165) is 11.0 Å². The van der Waals surface area contributed by atoms with Crippen LogP contribution in [0.1, 0.15) is 49.3 Å². The third-order valence-electron chi connectivity index (χ3n) is 3.59. The van der Waals surface area contributed by atoms with E-state index in [1.165, 1.54) is 25.7 Å².